The first-order chi connectivity index (χ1) is 10.7. The summed E-state index contributed by atoms with van der Waals surface area (Å²) in [5, 5.41) is 11.6. The maximum atomic E-state index is 12.7. The van der Waals surface area contributed by atoms with Crippen LogP contribution in [0.1, 0.15) is 32.6 Å². The van der Waals surface area contributed by atoms with Crippen molar-refractivity contribution < 1.29 is 9.90 Å². The Morgan fingerprint density at radius 1 is 0.636 bits per heavy atom. The Balaban J connectivity index is 2.12. The summed E-state index contributed by atoms with van der Waals surface area (Å²) in [5.41, 5.74) is 1.87. The van der Waals surface area contributed by atoms with Crippen molar-refractivity contribution in [1.82, 2.24) is 0 Å². The second-order valence-corrected chi connectivity index (χ2v) is 5.50. The van der Waals surface area contributed by atoms with Crippen LogP contribution in [0.4, 0.5) is 0 Å². The van der Waals surface area contributed by atoms with Crippen LogP contribution in [0.15, 0.2) is 78.9 Å². The van der Waals surface area contributed by atoms with Crippen LogP contribution in [0.5, 0.6) is 0 Å². The molecule has 1 aliphatic carbocycles. The summed E-state index contributed by atoms with van der Waals surface area (Å²) in [6.45, 7) is 0. The molecule has 0 atom stereocenters. The van der Waals surface area contributed by atoms with E-state index in [1.165, 1.54) is 0 Å². The second kappa shape index (κ2) is 4.65. The number of ketones is 1. The Morgan fingerprint density at radius 2 is 1.09 bits per heavy atom. The van der Waals surface area contributed by atoms with Crippen molar-refractivity contribution in [2.45, 2.75) is 5.60 Å². The van der Waals surface area contributed by atoms with Crippen molar-refractivity contribution in [2.75, 3.05) is 0 Å². The van der Waals surface area contributed by atoms with Gasteiger partial charge in [-0.15, -0.1) is 0 Å². The van der Waals surface area contributed by atoms with E-state index in [2.05, 4.69) is 0 Å². The molecule has 0 radical (unpaired) electrons. The summed E-state index contributed by atoms with van der Waals surface area (Å²) >= 11 is 0. The first-order valence-corrected chi connectivity index (χ1v) is 7.24. The van der Waals surface area contributed by atoms with Gasteiger partial charge in [-0.25, -0.2) is 0 Å². The number of fused-ring (bicyclic) bond motifs is 2. The molecule has 0 fully saturated rings. The first-order valence-electron chi connectivity index (χ1n) is 7.24. The SMILES string of the molecule is O=C1c2ccccc2C(O)(c2ccccc2)c2ccccc21. The second-order valence-electron chi connectivity index (χ2n) is 5.50. The third-order valence-corrected chi connectivity index (χ3v) is 4.31. The van der Waals surface area contributed by atoms with Gasteiger partial charge in [0.05, 0.1) is 0 Å². The van der Waals surface area contributed by atoms with Gasteiger partial charge in [-0.1, -0.05) is 78.9 Å². The number of hydrogen-bond donors (Lipinski definition) is 1. The van der Waals surface area contributed by atoms with Gasteiger partial charge in [-0.2, -0.15) is 0 Å². The molecule has 0 aromatic heterocycles. The molecule has 0 saturated heterocycles. The third-order valence-electron chi connectivity index (χ3n) is 4.31. The van der Waals surface area contributed by atoms with Crippen LogP contribution in [0.25, 0.3) is 0 Å². The number of benzene rings is 3. The summed E-state index contributed by atoms with van der Waals surface area (Å²) in [7, 11) is 0. The zero-order chi connectivity index (χ0) is 15.2. The van der Waals surface area contributed by atoms with E-state index in [-0.39, 0.29) is 5.78 Å². The average molecular weight is 286 g/mol. The Kier molecular flexibility index (Phi) is 2.75. The molecule has 0 unspecified atom stereocenters. The van der Waals surface area contributed by atoms with Gasteiger partial charge in [0.15, 0.2) is 5.78 Å². The van der Waals surface area contributed by atoms with Gasteiger partial charge >= 0.3 is 0 Å². The molecule has 4 rings (SSSR count). The number of hydrogen-bond acceptors (Lipinski definition) is 2. The maximum Gasteiger partial charge on any atom is 0.193 e. The van der Waals surface area contributed by atoms with Gasteiger partial charge in [0.25, 0.3) is 0 Å². The van der Waals surface area contributed by atoms with Crippen molar-refractivity contribution in [3.63, 3.8) is 0 Å². The predicted molar refractivity (Wildman–Crippen MR) is 84.9 cm³/mol. The quantitative estimate of drug-likeness (QED) is 0.743. The molecule has 2 nitrogen and oxygen atoms in total. The number of carbonyl (C=O) groups excluding carboxylic acids is 1. The Bertz CT molecular complexity index is 816. The molecular formula is C20H14O2. The molecule has 2 heteroatoms. The predicted octanol–water partition coefficient (Wildman–Crippen LogP) is 3.52. The topological polar surface area (TPSA) is 37.3 Å². The lowest BCUT2D eigenvalue weighted by atomic mass is 9.71. The van der Waals surface area contributed by atoms with Crippen molar-refractivity contribution >= 4 is 5.78 Å². The number of rotatable bonds is 1. The van der Waals surface area contributed by atoms with Crippen molar-refractivity contribution in [3.05, 3.63) is 107 Å². The highest BCUT2D eigenvalue weighted by Gasteiger charge is 2.43. The Labute approximate surface area is 128 Å². The van der Waals surface area contributed by atoms with Crippen LogP contribution in [0, 0.1) is 0 Å². The molecule has 3 aromatic rings. The maximum absolute atomic E-state index is 12.7. The molecule has 0 bridgehead atoms. The van der Waals surface area contributed by atoms with E-state index in [0.717, 1.165) is 5.56 Å². The molecule has 1 N–H and O–H groups in total. The van der Waals surface area contributed by atoms with E-state index in [9.17, 15) is 9.90 Å². The average Bonchev–Trinajstić information content (AvgIpc) is 2.60. The first kappa shape index (κ1) is 13.0. The lowest BCUT2D eigenvalue weighted by molar-refractivity contribution is 0.0949. The summed E-state index contributed by atoms with van der Waals surface area (Å²) in [6.07, 6.45) is 0. The molecule has 0 spiro atoms. The monoisotopic (exact) mass is 286 g/mol. The van der Waals surface area contributed by atoms with Gasteiger partial charge in [-0.05, 0) is 5.56 Å². The molecule has 0 heterocycles. The summed E-state index contributed by atoms with van der Waals surface area (Å²) < 4.78 is 0. The van der Waals surface area contributed by atoms with Gasteiger partial charge in [0, 0.05) is 22.3 Å². The zero-order valence-corrected chi connectivity index (χ0v) is 11.9. The molecule has 0 aliphatic heterocycles. The van der Waals surface area contributed by atoms with E-state index in [0.29, 0.717) is 22.3 Å². The summed E-state index contributed by atoms with van der Waals surface area (Å²) in [6, 6.07) is 24.1. The molecule has 106 valence electrons. The fraction of sp³-hybridized carbons (Fsp3) is 0.0500. The van der Waals surface area contributed by atoms with Crippen molar-refractivity contribution in [2.24, 2.45) is 0 Å². The zero-order valence-electron chi connectivity index (χ0n) is 11.9. The van der Waals surface area contributed by atoms with Gasteiger partial charge in [0.1, 0.15) is 5.60 Å². The fourth-order valence-electron chi connectivity index (χ4n) is 3.27. The lowest BCUT2D eigenvalue weighted by Crippen LogP contribution is -2.36. The van der Waals surface area contributed by atoms with Crippen LogP contribution in [-0.4, -0.2) is 10.9 Å². The minimum absolute atomic E-state index is 0.0354. The minimum atomic E-state index is -1.30. The highest BCUT2D eigenvalue weighted by molar-refractivity contribution is 6.13. The van der Waals surface area contributed by atoms with E-state index in [1.807, 2.05) is 66.7 Å². The van der Waals surface area contributed by atoms with Gasteiger partial charge in [-0.3, -0.25) is 4.79 Å². The molecule has 0 saturated carbocycles. The summed E-state index contributed by atoms with van der Waals surface area (Å²) in [5.74, 6) is -0.0354. The van der Waals surface area contributed by atoms with Crippen LogP contribution >= 0.6 is 0 Å². The standard InChI is InChI=1S/C20H14O2/c21-19-15-10-4-6-12-17(15)20(22,14-8-2-1-3-9-14)18-13-7-5-11-16(18)19/h1-13,22H. The highest BCUT2D eigenvalue weighted by atomic mass is 16.3. The van der Waals surface area contributed by atoms with Crippen LogP contribution in [0.3, 0.4) is 0 Å². The van der Waals surface area contributed by atoms with Crippen LogP contribution in [0.2, 0.25) is 0 Å². The lowest BCUT2D eigenvalue weighted by Gasteiger charge is -2.36. The van der Waals surface area contributed by atoms with Crippen molar-refractivity contribution in [1.29, 1.82) is 0 Å². The fourth-order valence-corrected chi connectivity index (χ4v) is 3.27. The Morgan fingerprint density at radius 3 is 1.64 bits per heavy atom. The third kappa shape index (κ3) is 1.62. The van der Waals surface area contributed by atoms with E-state index < -0.39 is 5.60 Å². The Hall–Kier alpha value is -2.71. The molecule has 22 heavy (non-hydrogen) atoms. The van der Waals surface area contributed by atoms with Gasteiger partial charge < -0.3 is 5.11 Å². The number of aliphatic hydroxyl groups is 1. The number of carbonyl (C=O) groups is 1. The molecule has 3 aromatic carbocycles. The highest BCUT2D eigenvalue weighted by Crippen LogP contribution is 2.43. The molecule has 1 aliphatic rings. The van der Waals surface area contributed by atoms with Crippen LogP contribution < -0.4 is 0 Å². The molecular weight excluding hydrogens is 272 g/mol. The van der Waals surface area contributed by atoms with Crippen molar-refractivity contribution in [3.8, 4) is 0 Å². The largest absolute Gasteiger partial charge is 0.376 e. The van der Waals surface area contributed by atoms with E-state index >= 15 is 0 Å². The normalized spacial score (nSPS) is 15.0. The smallest absolute Gasteiger partial charge is 0.193 e. The van der Waals surface area contributed by atoms with E-state index in [4.69, 9.17) is 0 Å². The van der Waals surface area contributed by atoms with E-state index in [1.54, 1.807) is 12.1 Å². The minimum Gasteiger partial charge on any atom is -0.376 e. The van der Waals surface area contributed by atoms with Gasteiger partial charge in [0.2, 0.25) is 0 Å². The summed E-state index contributed by atoms with van der Waals surface area (Å²) in [4.78, 5) is 12.7. The van der Waals surface area contributed by atoms with Crippen LogP contribution in [-0.2, 0) is 5.60 Å². The molecule has 0 amide bonds.